The van der Waals surface area contributed by atoms with Crippen LogP contribution in [-0.2, 0) is 24.4 Å². The third-order valence-electron chi connectivity index (χ3n) is 6.42. The number of nitro groups is 1. The first-order valence-electron chi connectivity index (χ1n) is 13.1. The number of aliphatic hydroxyl groups excluding tert-OH is 1. The number of non-ortho nitro benzene ring substituents is 1. The van der Waals surface area contributed by atoms with Crippen LogP contribution in [0.15, 0.2) is 29.3 Å². The highest BCUT2D eigenvalue weighted by molar-refractivity contribution is 7.88. The molecule has 41 heavy (non-hydrogen) atoms. The summed E-state index contributed by atoms with van der Waals surface area (Å²) in [7, 11) is -3.73. The summed E-state index contributed by atoms with van der Waals surface area (Å²) in [6, 6.07) is 2.94. The Morgan fingerprint density at radius 1 is 1.10 bits per heavy atom. The zero-order valence-corrected chi connectivity index (χ0v) is 23.6. The topological polar surface area (TPSA) is 261 Å². The Labute approximate surface area is 237 Å². The molecular formula is C24H38N8O8S. The average molecular weight is 599 g/mol. The molecule has 9 N–H and O–H groups in total. The molecule has 0 saturated heterocycles. The zero-order valence-electron chi connectivity index (χ0n) is 22.7. The van der Waals surface area contributed by atoms with Gasteiger partial charge in [-0.3, -0.25) is 29.5 Å². The number of hydrogen-bond acceptors (Lipinski definition) is 9. The van der Waals surface area contributed by atoms with E-state index in [0.717, 1.165) is 6.26 Å². The van der Waals surface area contributed by atoms with Crippen molar-refractivity contribution in [3.05, 3.63) is 34.4 Å². The van der Waals surface area contributed by atoms with Crippen LogP contribution in [0.25, 0.3) is 0 Å². The van der Waals surface area contributed by atoms with E-state index in [1.54, 1.807) is 0 Å². The van der Waals surface area contributed by atoms with Crippen molar-refractivity contribution >= 4 is 45.1 Å². The number of amides is 3. The summed E-state index contributed by atoms with van der Waals surface area (Å²) >= 11 is 0. The van der Waals surface area contributed by atoms with Gasteiger partial charge in [0.25, 0.3) is 5.69 Å². The van der Waals surface area contributed by atoms with E-state index in [0.29, 0.717) is 32.1 Å². The monoisotopic (exact) mass is 598 g/mol. The summed E-state index contributed by atoms with van der Waals surface area (Å²) in [6.07, 6.45) is 3.58. The van der Waals surface area contributed by atoms with E-state index in [-0.39, 0.29) is 42.6 Å². The zero-order chi connectivity index (χ0) is 30.6. The Bertz CT molecular complexity index is 1200. The van der Waals surface area contributed by atoms with Crippen molar-refractivity contribution in [2.45, 2.75) is 63.1 Å². The molecule has 0 radical (unpaired) electrons. The van der Waals surface area contributed by atoms with Gasteiger partial charge in [-0.25, -0.2) is 13.1 Å². The Morgan fingerprint density at radius 3 is 2.29 bits per heavy atom. The molecule has 228 valence electrons. The number of nitrogens with zero attached hydrogens (tertiary/aromatic N) is 2. The van der Waals surface area contributed by atoms with Crippen LogP contribution < -0.4 is 32.1 Å². The second kappa shape index (κ2) is 15.8. The fraction of sp³-hybridized carbons (Fsp3) is 0.583. The first-order chi connectivity index (χ1) is 19.2. The van der Waals surface area contributed by atoms with Gasteiger partial charge >= 0.3 is 0 Å². The SMILES string of the molecule is CS(=O)(=O)N[C@H](CC1CCC(O)CC1)C(=O)NCC(=O)N[C@@H](CCCN=C(N)N)C(=O)Nc1ccc([N+](=O)[O-])cc1. The Kier molecular flexibility index (Phi) is 12.9. The van der Waals surface area contributed by atoms with Crippen molar-refractivity contribution in [3.8, 4) is 0 Å². The van der Waals surface area contributed by atoms with Gasteiger partial charge in [0.2, 0.25) is 27.7 Å². The number of nitrogens with two attached hydrogens (primary N) is 2. The number of carbonyl (C=O) groups is 3. The first kappa shape index (κ1) is 33.4. The normalized spacial score (nSPS) is 18.4. The molecule has 1 aromatic carbocycles. The Morgan fingerprint density at radius 2 is 1.73 bits per heavy atom. The number of benzene rings is 1. The van der Waals surface area contributed by atoms with Gasteiger partial charge in [-0.15, -0.1) is 0 Å². The van der Waals surface area contributed by atoms with Crippen LogP contribution in [0.2, 0.25) is 0 Å². The average Bonchev–Trinajstić information content (AvgIpc) is 2.89. The minimum atomic E-state index is -3.73. The van der Waals surface area contributed by atoms with Crippen LogP contribution in [0.3, 0.4) is 0 Å². The molecule has 3 amide bonds. The highest BCUT2D eigenvalue weighted by Crippen LogP contribution is 2.28. The number of rotatable bonds is 15. The van der Waals surface area contributed by atoms with Crippen LogP contribution in [-0.4, -0.2) is 79.7 Å². The summed E-state index contributed by atoms with van der Waals surface area (Å²) in [6.45, 7) is -0.341. The molecule has 0 aromatic heterocycles. The fourth-order valence-electron chi connectivity index (χ4n) is 4.39. The van der Waals surface area contributed by atoms with E-state index in [4.69, 9.17) is 11.5 Å². The molecule has 0 spiro atoms. The van der Waals surface area contributed by atoms with Crippen LogP contribution in [0, 0.1) is 16.0 Å². The van der Waals surface area contributed by atoms with Gasteiger partial charge in [0.1, 0.15) is 12.1 Å². The molecule has 16 nitrogen and oxygen atoms in total. The maximum atomic E-state index is 12.9. The molecule has 1 aliphatic carbocycles. The van der Waals surface area contributed by atoms with Gasteiger partial charge in [0, 0.05) is 24.4 Å². The van der Waals surface area contributed by atoms with Crippen LogP contribution >= 0.6 is 0 Å². The van der Waals surface area contributed by atoms with E-state index in [9.17, 15) is 38.0 Å². The molecule has 17 heteroatoms. The number of sulfonamides is 1. The van der Waals surface area contributed by atoms with Gasteiger partial charge in [-0.05, 0) is 63.0 Å². The number of nitrogens with one attached hydrogen (secondary N) is 4. The predicted molar refractivity (Wildman–Crippen MR) is 151 cm³/mol. The Hall–Kier alpha value is -3.83. The standard InChI is InChI=1S/C24H38N8O8S/c1-41(39,40)31-20(13-15-4-10-18(33)11-5-15)22(35)28-14-21(34)30-19(3-2-12-27-24(25)26)23(36)29-16-6-8-17(9-7-16)32(37)38/h6-9,15,18-20,31,33H,2-5,10-14H2,1H3,(H,28,35)(H,29,36)(H,30,34)(H4,25,26,27)/t15?,18?,19-,20+/m0/s1. The Balaban J connectivity index is 2.01. The van der Waals surface area contributed by atoms with Crippen molar-refractivity contribution in [2.24, 2.45) is 22.4 Å². The molecule has 2 atom stereocenters. The highest BCUT2D eigenvalue weighted by Gasteiger charge is 2.29. The molecule has 1 aliphatic rings. The van der Waals surface area contributed by atoms with E-state index in [1.807, 2.05) is 0 Å². The van der Waals surface area contributed by atoms with Crippen molar-refractivity contribution in [1.29, 1.82) is 0 Å². The third kappa shape index (κ3) is 12.9. The lowest BCUT2D eigenvalue weighted by molar-refractivity contribution is -0.384. The minimum absolute atomic E-state index is 0.0231. The highest BCUT2D eigenvalue weighted by atomic mass is 32.2. The smallest absolute Gasteiger partial charge is 0.269 e. The van der Waals surface area contributed by atoms with E-state index in [2.05, 4.69) is 25.7 Å². The van der Waals surface area contributed by atoms with Crippen LogP contribution in [0.5, 0.6) is 0 Å². The van der Waals surface area contributed by atoms with Crippen molar-refractivity contribution in [1.82, 2.24) is 15.4 Å². The number of nitro benzene ring substituents is 1. The van der Waals surface area contributed by atoms with Gasteiger partial charge in [0.05, 0.1) is 23.8 Å². The number of hydrogen-bond donors (Lipinski definition) is 7. The molecule has 1 fully saturated rings. The lowest BCUT2D eigenvalue weighted by atomic mass is 9.83. The largest absolute Gasteiger partial charge is 0.393 e. The molecule has 0 unspecified atom stereocenters. The second-order valence-electron chi connectivity index (χ2n) is 9.93. The molecule has 1 aromatic rings. The molecule has 0 aliphatic heterocycles. The third-order valence-corrected chi connectivity index (χ3v) is 7.14. The number of anilines is 1. The van der Waals surface area contributed by atoms with Crippen LogP contribution in [0.1, 0.15) is 44.9 Å². The van der Waals surface area contributed by atoms with Crippen LogP contribution in [0.4, 0.5) is 11.4 Å². The lowest BCUT2D eigenvalue weighted by Gasteiger charge is -2.28. The first-order valence-corrected chi connectivity index (χ1v) is 15.0. The summed E-state index contributed by atoms with van der Waals surface area (Å²) in [4.78, 5) is 52.6. The van der Waals surface area contributed by atoms with Gasteiger partial charge in [0.15, 0.2) is 5.96 Å². The summed E-state index contributed by atoms with van der Waals surface area (Å²) in [5.74, 6) is -2.13. The van der Waals surface area contributed by atoms with E-state index in [1.165, 1.54) is 24.3 Å². The molecular weight excluding hydrogens is 560 g/mol. The predicted octanol–water partition coefficient (Wildman–Crippen LogP) is -0.953. The summed E-state index contributed by atoms with van der Waals surface area (Å²) < 4.78 is 26.0. The summed E-state index contributed by atoms with van der Waals surface area (Å²) in [5, 5.41) is 28.1. The van der Waals surface area contributed by atoms with Gasteiger partial charge in [-0.2, -0.15) is 0 Å². The second-order valence-corrected chi connectivity index (χ2v) is 11.7. The maximum Gasteiger partial charge on any atom is 0.269 e. The van der Waals surface area contributed by atoms with Crippen molar-refractivity contribution in [2.75, 3.05) is 24.7 Å². The number of carbonyl (C=O) groups excluding carboxylic acids is 3. The molecule has 0 heterocycles. The van der Waals surface area contributed by atoms with Crippen molar-refractivity contribution < 1.29 is 32.8 Å². The quantitative estimate of drug-likeness (QED) is 0.0428. The van der Waals surface area contributed by atoms with Gasteiger partial charge < -0.3 is 32.5 Å². The maximum absolute atomic E-state index is 12.9. The molecule has 1 saturated carbocycles. The lowest BCUT2D eigenvalue weighted by Crippen LogP contribution is -2.51. The number of aliphatic hydroxyl groups is 1. The number of aliphatic imine (C=N–C) groups is 1. The molecule has 2 rings (SSSR count). The number of guanidine groups is 1. The molecule has 0 bridgehead atoms. The fourth-order valence-corrected chi connectivity index (χ4v) is 5.11. The van der Waals surface area contributed by atoms with Gasteiger partial charge in [-0.1, -0.05) is 0 Å². The van der Waals surface area contributed by atoms with E-state index < -0.39 is 57.4 Å². The van der Waals surface area contributed by atoms with E-state index >= 15 is 0 Å². The minimum Gasteiger partial charge on any atom is -0.393 e. The van der Waals surface area contributed by atoms with Crippen molar-refractivity contribution in [3.63, 3.8) is 0 Å². The summed E-state index contributed by atoms with van der Waals surface area (Å²) in [5.41, 5.74) is 10.7.